The van der Waals surface area contributed by atoms with Gasteiger partial charge < -0.3 is 10.1 Å². The van der Waals surface area contributed by atoms with Crippen LogP contribution in [0.25, 0.3) is 0 Å². The zero-order valence-electron chi connectivity index (χ0n) is 11.8. The molecule has 0 spiro atoms. The molecule has 0 aliphatic carbocycles. The van der Waals surface area contributed by atoms with E-state index in [-0.39, 0.29) is 6.04 Å². The Morgan fingerprint density at radius 1 is 1.29 bits per heavy atom. The van der Waals surface area contributed by atoms with Crippen LogP contribution in [0.4, 0.5) is 0 Å². The van der Waals surface area contributed by atoms with Crippen LogP contribution in [0.15, 0.2) is 28.7 Å². The molecule has 0 bridgehead atoms. The smallest absolute Gasteiger partial charge is 0.120 e. The average molecular weight is 409 g/mol. The van der Waals surface area contributed by atoms with E-state index in [0.29, 0.717) is 4.34 Å². The molecule has 0 aliphatic rings. The Hall–Kier alpha value is -0.260. The van der Waals surface area contributed by atoms with Gasteiger partial charge in [0.15, 0.2) is 0 Å². The first kappa shape index (κ1) is 17.1. The van der Waals surface area contributed by atoms with Crippen LogP contribution in [0.1, 0.15) is 30.5 Å². The lowest BCUT2D eigenvalue weighted by Crippen LogP contribution is -2.23. The highest BCUT2D eigenvalue weighted by atomic mass is 79.9. The van der Waals surface area contributed by atoms with Gasteiger partial charge in [-0.05, 0) is 36.7 Å². The molecule has 2 rings (SSSR count). The van der Waals surface area contributed by atoms with Crippen molar-refractivity contribution in [1.82, 2.24) is 5.32 Å². The number of ether oxygens (including phenoxy) is 1. The van der Waals surface area contributed by atoms with Crippen molar-refractivity contribution in [3.8, 4) is 5.75 Å². The lowest BCUT2D eigenvalue weighted by atomic mass is 10.0. The van der Waals surface area contributed by atoms with Crippen LogP contribution in [-0.4, -0.2) is 13.7 Å². The van der Waals surface area contributed by atoms with Gasteiger partial charge in [0.1, 0.15) is 5.75 Å². The number of halogens is 3. The Bertz CT molecular complexity index is 618. The summed E-state index contributed by atoms with van der Waals surface area (Å²) in [4.78, 5) is 0. The van der Waals surface area contributed by atoms with Gasteiger partial charge in [-0.15, -0.1) is 11.3 Å². The summed E-state index contributed by atoms with van der Waals surface area (Å²) < 4.78 is 7.65. The molecule has 6 heteroatoms. The third-order valence-corrected chi connectivity index (χ3v) is 5.32. The minimum Gasteiger partial charge on any atom is -0.497 e. The second-order valence-corrected chi connectivity index (χ2v) is 7.69. The highest BCUT2D eigenvalue weighted by Gasteiger charge is 2.21. The van der Waals surface area contributed by atoms with Crippen LogP contribution in [0, 0.1) is 0 Å². The summed E-state index contributed by atoms with van der Waals surface area (Å²) in [7, 11) is 1.66. The van der Waals surface area contributed by atoms with E-state index in [4.69, 9.17) is 27.9 Å². The van der Waals surface area contributed by atoms with E-state index in [0.717, 1.165) is 38.7 Å². The van der Waals surface area contributed by atoms with E-state index < -0.39 is 0 Å². The molecule has 0 amide bonds. The van der Waals surface area contributed by atoms with Crippen LogP contribution in [0.5, 0.6) is 5.75 Å². The topological polar surface area (TPSA) is 21.3 Å². The van der Waals surface area contributed by atoms with Crippen molar-refractivity contribution in [3.63, 3.8) is 0 Å². The molecule has 114 valence electrons. The molecule has 1 heterocycles. The molecule has 1 aromatic carbocycles. The predicted molar refractivity (Wildman–Crippen MR) is 95.2 cm³/mol. The molecule has 2 nitrogen and oxygen atoms in total. The maximum atomic E-state index is 6.33. The monoisotopic (exact) mass is 407 g/mol. The number of thiophene rings is 1. The van der Waals surface area contributed by atoms with Gasteiger partial charge >= 0.3 is 0 Å². The number of methoxy groups -OCH3 is 1. The molecule has 0 saturated carbocycles. The summed E-state index contributed by atoms with van der Waals surface area (Å²) in [6.45, 7) is 3.03. The van der Waals surface area contributed by atoms with Crippen molar-refractivity contribution >= 4 is 50.5 Å². The van der Waals surface area contributed by atoms with E-state index in [9.17, 15) is 0 Å². The normalized spacial score (nSPS) is 12.4. The number of hydrogen-bond acceptors (Lipinski definition) is 3. The van der Waals surface area contributed by atoms with Gasteiger partial charge in [0, 0.05) is 10.0 Å². The Morgan fingerprint density at radius 3 is 2.57 bits per heavy atom. The second kappa shape index (κ2) is 7.84. The highest BCUT2D eigenvalue weighted by molar-refractivity contribution is 9.10. The number of hydrogen-bond donors (Lipinski definition) is 1. The van der Waals surface area contributed by atoms with E-state index >= 15 is 0 Å². The lowest BCUT2D eigenvalue weighted by Gasteiger charge is -2.20. The van der Waals surface area contributed by atoms with Gasteiger partial charge in [-0.3, -0.25) is 0 Å². The van der Waals surface area contributed by atoms with Gasteiger partial charge in [0.2, 0.25) is 0 Å². The minimum absolute atomic E-state index is 0.00137. The predicted octanol–water partition coefficient (Wildman–Crippen LogP) is 5.92. The Balaban J connectivity index is 2.42. The first-order valence-electron chi connectivity index (χ1n) is 6.58. The van der Waals surface area contributed by atoms with Crippen molar-refractivity contribution in [2.24, 2.45) is 0 Å². The number of nitrogens with one attached hydrogen (secondary N) is 1. The molecule has 1 unspecified atom stereocenters. The van der Waals surface area contributed by atoms with E-state index in [1.807, 2.05) is 24.3 Å². The lowest BCUT2D eigenvalue weighted by molar-refractivity contribution is 0.414. The first-order valence-corrected chi connectivity index (χ1v) is 8.95. The fourth-order valence-electron chi connectivity index (χ4n) is 2.09. The fraction of sp³-hybridized carbons (Fsp3) is 0.333. The van der Waals surface area contributed by atoms with Crippen molar-refractivity contribution in [3.05, 3.63) is 48.5 Å². The quantitative estimate of drug-likeness (QED) is 0.640. The summed E-state index contributed by atoms with van der Waals surface area (Å²) >= 11 is 17.4. The van der Waals surface area contributed by atoms with Gasteiger partial charge in [0.05, 0.1) is 21.8 Å². The molecule has 1 aromatic heterocycles. The van der Waals surface area contributed by atoms with Gasteiger partial charge in [0.25, 0.3) is 0 Å². The van der Waals surface area contributed by atoms with Gasteiger partial charge in [-0.25, -0.2) is 0 Å². The molecule has 0 fully saturated rings. The molecule has 21 heavy (non-hydrogen) atoms. The molecule has 0 aliphatic heterocycles. The molecule has 0 radical (unpaired) electrons. The van der Waals surface area contributed by atoms with Gasteiger partial charge in [-0.2, -0.15) is 0 Å². The zero-order valence-corrected chi connectivity index (χ0v) is 15.7. The Labute approximate surface area is 147 Å². The average Bonchev–Trinajstić information content (AvgIpc) is 2.79. The van der Waals surface area contributed by atoms with Crippen LogP contribution in [0.3, 0.4) is 0 Å². The third-order valence-electron chi connectivity index (χ3n) is 3.11. The molecule has 0 saturated heterocycles. The highest BCUT2D eigenvalue weighted by Crippen LogP contribution is 2.39. The summed E-state index contributed by atoms with van der Waals surface area (Å²) in [5, 5.41) is 3.53. The SMILES string of the molecule is CCCNC(c1ccc(OC)cc1Br)c1cc(Cl)sc1Cl. The third kappa shape index (κ3) is 4.14. The largest absolute Gasteiger partial charge is 0.497 e. The Morgan fingerprint density at radius 2 is 2.05 bits per heavy atom. The molecule has 1 atom stereocenters. The molecular weight excluding hydrogens is 393 g/mol. The molecular formula is C15H16BrCl2NOS. The zero-order chi connectivity index (χ0) is 15.4. The maximum Gasteiger partial charge on any atom is 0.120 e. The van der Waals surface area contributed by atoms with Crippen LogP contribution in [-0.2, 0) is 0 Å². The summed E-state index contributed by atoms with van der Waals surface area (Å²) in [6, 6.07) is 7.87. The Kier molecular flexibility index (Phi) is 6.38. The van der Waals surface area contributed by atoms with Crippen LogP contribution >= 0.6 is 50.5 Å². The van der Waals surface area contributed by atoms with Crippen molar-refractivity contribution < 1.29 is 4.74 Å². The standard InChI is InChI=1S/C15H16BrCl2NOS/c1-3-6-19-14(11-8-13(17)21-15(11)18)10-5-4-9(20-2)7-12(10)16/h4-5,7-8,14,19H,3,6H2,1-2H3. The second-order valence-electron chi connectivity index (χ2n) is 4.55. The fourth-order valence-corrected chi connectivity index (χ4v) is 4.21. The number of benzene rings is 1. The summed E-state index contributed by atoms with van der Waals surface area (Å²) in [6.07, 6.45) is 1.04. The van der Waals surface area contributed by atoms with E-state index in [1.54, 1.807) is 7.11 Å². The van der Waals surface area contributed by atoms with E-state index in [2.05, 4.69) is 28.2 Å². The number of rotatable bonds is 6. The molecule has 2 aromatic rings. The van der Waals surface area contributed by atoms with Gasteiger partial charge in [-0.1, -0.05) is 52.1 Å². The maximum absolute atomic E-state index is 6.33. The minimum atomic E-state index is 0.00137. The van der Waals surface area contributed by atoms with Crippen LogP contribution < -0.4 is 10.1 Å². The first-order chi connectivity index (χ1) is 10.1. The van der Waals surface area contributed by atoms with Crippen molar-refractivity contribution in [2.75, 3.05) is 13.7 Å². The summed E-state index contributed by atoms with van der Waals surface area (Å²) in [5.74, 6) is 0.814. The van der Waals surface area contributed by atoms with Crippen molar-refractivity contribution in [2.45, 2.75) is 19.4 Å². The summed E-state index contributed by atoms with van der Waals surface area (Å²) in [5.41, 5.74) is 2.12. The van der Waals surface area contributed by atoms with Crippen LogP contribution in [0.2, 0.25) is 8.67 Å². The van der Waals surface area contributed by atoms with E-state index in [1.165, 1.54) is 11.3 Å². The van der Waals surface area contributed by atoms with Crippen molar-refractivity contribution in [1.29, 1.82) is 0 Å². The molecule has 1 N–H and O–H groups in total.